The van der Waals surface area contributed by atoms with Crippen molar-refractivity contribution in [1.82, 2.24) is 9.55 Å². The summed E-state index contributed by atoms with van der Waals surface area (Å²) in [4.78, 5) is 16.5. The lowest BCUT2D eigenvalue weighted by Crippen LogP contribution is -2.20. The van der Waals surface area contributed by atoms with Gasteiger partial charge in [0.2, 0.25) is 5.91 Å². The SMILES string of the molecule is CCn1ccnc1SCC(=O)Nc1ccccc1C(C)(C)C. The average Bonchev–Trinajstić information content (AvgIpc) is 2.92. The van der Waals surface area contributed by atoms with Gasteiger partial charge in [-0.25, -0.2) is 4.98 Å². The highest BCUT2D eigenvalue weighted by Gasteiger charge is 2.18. The summed E-state index contributed by atoms with van der Waals surface area (Å²) in [5.41, 5.74) is 2.03. The van der Waals surface area contributed by atoms with Crippen molar-refractivity contribution in [3.8, 4) is 0 Å². The van der Waals surface area contributed by atoms with Crippen molar-refractivity contribution >= 4 is 23.4 Å². The fourth-order valence-corrected chi connectivity index (χ4v) is 3.06. The molecule has 0 unspecified atom stereocenters. The van der Waals surface area contributed by atoms with Crippen molar-refractivity contribution in [3.63, 3.8) is 0 Å². The second-order valence-corrected chi connectivity index (χ2v) is 7.07. The van der Waals surface area contributed by atoms with Crippen LogP contribution in [0.2, 0.25) is 0 Å². The van der Waals surface area contributed by atoms with Crippen LogP contribution in [0.15, 0.2) is 41.8 Å². The summed E-state index contributed by atoms with van der Waals surface area (Å²) in [6.07, 6.45) is 3.69. The number of hydrogen-bond acceptors (Lipinski definition) is 3. The molecule has 0 atom stereocenters. The molecule has 1 aromatic carbocycles. The molecule has 2 rings (SSSR count). The molecule has 0 aliphatic rings. The maximum Gasteiger partial charge on any atom is 0.234 e. The van der Waals surface area contributed by atoms with Crippen molar-refractivity contribution in [1.29, 1.82) is 0 Å². The zero-order chi connectivity index (χ0) is 16.2. The van der Waals surface area contributed by atoms with Crippen LogP contribution in [-0.2, 0) is 16.8 Å². The average molecular weight is 317 g/mol. The van der Waals surface area contributed by atoms with Crippen LogP contribution in [0.25, 0.3) is 0 Å². The highest BCUT2D eigenvalue weighted by Crippen LogP contribution is 2.29. The van der Waals surface area contributed by atoms with Gasteiger partial charge in [-0.05, 0) is 24.0 Å². The third kappa shape index (κ3) is 4.13. The van der Waals surface area contributed by atoms with Crippen LogP contribution in [0.4, 0.5) is 5.69 Å². The summed E-state index contributed by atoms with van der Waals surface area (Å²) in [6, 6.07) is 7.97. The highest BCUT2D eigenvalue weighted by molar-refractivity contribution is 7.99. The zero-order valence-corrected chi connectivity index (χ0v) is 14.4. The predicted octanol–water partition coefficient (Wildman–Crippen LogP) is 3.93. The number of nitrogens with one attached hydrogen (secondary N) is 1. The normalized spacial score (nSPS) is 11.5. The van der Waals surface area contributed by atoms with Crippen LogP contribution in [0.1, 0.15) is 33.3 Å². The Bertz CT molecular complexity index is 643. The number of aromatic nitrogens is 2. The molecule has 118 valence electrons. The van der Waals surface area contributed by atoms with Gasteiger partial charge in [-0.1, -0.05) is 50.7 Å². The van der Waals surface area contributed by atoms with Crippen LogP contribution in [-0.4, -0.2) is 21.2 Å². The monoisotopic (exact) mass is 317 g/mol. The summed E-state index contributed by atoms with van der Waals surface area (Å²) in [6.45, 7) is 9.35. The highest BCUT2D eigenvalue weighted by atomic mass is 32.2. The molecule has 0 saturated heterocycles. The van der Waals surface area contributed by atoms with E-state index in [2.05, 4.69) is 44.1 Å². The standard InChI is InChI=1S/C17H23N3OS/c1-5-20-11-10-18-16(20)22-12-15(21)19-14-9-7-6-8-13(14)17(2,3)4/h6-11H,5,12H2,1-4H3,(H,19,21). The molecule has 1 amide bonds. The largest absolute Gasteiger partial charge is 0.326 e. The quantitative estimate of drug-likeness (QED) is 0.850. The molecule has 1 aromatic heterocycles. The number of carbonyl (C=O) groups is 1. The zero-order valence-electron chi connectivity index (χ0n) is 13.6. The molecule has 0 bridgehead atoms. The number of anilines is 1. The first-order valence-electron chi connectivity index (χ1n) is 7.45. The molecule has 4 nitrogen and oxygen atoms in total. The van der Waals surface area contributed by atoms with Crippen molar-refractivity contribution in [3.05, 3.63) is 42.2 Å². The van der Waals surface area contributed by atoms with E-state index in [1.165, 1.54) is 11.8 Å². The summed E-state index contributed by atoms with van der Waals surface area (Å²) in [5.74, 6) is 0.350. The maximum atomic E-state index is 12.2. The molecule has 0 saturated carbocycles. The minimum absolute atomic E-state index is 0.00448. The van der Waals surface area contributed by atoms with Gasteiger partial charge in [0.15, 0.2) is 5.16 Å². The molecule has 1 N–H and O–H groups in total. The van der Waals surface area contributed by atoms with Crippen LogP contribution < -0.4 is 5.32 Å². The first-order valence-corrected chi connectivity index (χ1v) is 8.43. The Morgan fingerprint density at radius 3 is 2.73 bits per heavy atom. The lowest BCUT2D eigenvalue weighted by Gasteiger charge is -2.22. The van der Waals surface area contributed by atoms with E-state index in [0.29, 0.717) is 5.75 Å². The molecule has 1 heterocycles. The summed E-state index contributed by atoms with van der Waals surface area (Å²) >= 11 is 1.46. The minimum atomic E-state index is -0.00708. The van der Waals surface area contributed by atoms with Gasteiger partial charge in [0.1, 0.15) is 0 Å². The first kappa shape index (κ1) is 16.6. The third-order valence-corrected chi connectivity index (χ3v) is 4.36. The number of thioether (sulfide) groups is 1. The Balaban J connectivity index is 2.01. The van der Waals surface area contributed by atoms with Crippen LogP contribution in [0, 0.1) is 0 Å². The number of aryl methyl sites for hydroxylation is 1. The van der Waals surface area contributed by atoms with Crippen LogP contribution >= 0.6 is 11.8 Å². The number of amides is 1. The number of imidazole rings is 1. The first-order chi connectivity index (χ1) is 10.4. The number of benzene rings is 1. The summed E-state index contributed by atoms with van der Waals surface area (Å²) < 4.78 is 2.03. The third-order valence-electron chi connectivity index (χ3n) is 3.36. The summed E-state index contributed by atoms with van der Waals surface area (Å²) in [5, 5.41) is 3.90. The van der Waals surface area contributed by atoms with Gasteiger partial charge in [-0.3, -0.25) is 4.79 Å². The van der Waals surface area contributed by atoms with Crippen molar-refractivity contribution < 1.29 is 4.79 Å². The number of rotatable bonds is 5. The van der Waals surface area contributed by atoms with E-state index in [1.54, 1.807) is 6.20 Å². The Morgan fingerprint density at radius 2 is 2.05 bits per heavy atom. The fourth-order valence-electron chi connectivity index (χ4n) is 2.24. The van der Waals surface area contributed by atoms with Gasteiger partial charge >= 0.3 is 0 Å². The van der Waals surface area contributed by atoms with E-state index >= 15 is 0 Å². The molecular weight excluding hydrogens is 294 g/mol. The van der Waals surface area contributed by atoms with Gasteiger partial charge in [0, 0.05) is 24.6 Å². The van der Waals surface area contributed by atoms with Gasteiger partial charge in [-0.2, -0.15) is 0 Å². The van der Waals surface area contributed by atoms with E-state index in [0.717, 1.165) is 23.0 Å². The van der Waals surface area contributed by atoms with E-state index in [9.17, 15) is 4.79 Å². The predicted molar refractivity (Wildman–Crippen MR) is 92.4 cm³/mol. The molecule has 0 radical (unpaired) electrons. The number of para-hydroxylation sites is 1. The minimum Gasteiger partial charge on any atom is -0.326 e. The molecule has 22 heavy (non-hydrogen) atoms. The molecule has 0 spiro atoms. The lowest BCUT2D eigenvalue weighted by atomic mass is 9.86. The van der Waals surface area contributed by atoms with E-state index in [-0.39, 0.29) is 11.3 Å². The van der Waals surface area contributed by atoms with E-state index in [4.69, 9.17) is 0 Å². The Morgan fingerprint density at radius 1 is 1.32 bits per heavy atom. The van der Waals surface area contributed by atoms with Crippen molar-refractivity contribution in [2.75, 3.05) is 11.1 Å². The second kappa shape index (κ2) is 7.01. The smallest absolute Gasteiger partial charge is 0.234 e. The number of hydrogen-bond donors (Lipinski definition) is 1. The van der Waals surface area contributed by atoms with E-state index in [1.807, 2.05) is 29.0 Å². The van der Waals surface area contributed by atoms with Crippen molar-refractivity contribution in [2.24, 2.45) is 0 Å². The Labute approximate surface area is 136 Å². The molecule has 0 fully saturated rings. The number of carbonyl (C=O) groups excluding carboxylic acids is 1. The lowest BCUT2D eigenvalue weighted by molar-refractivity contribution is -0.113. The molecular formula is C17H23N3OS. The molecule has 2 aromatic rings. The molecule has 0 aliphatic heterocycles. The second-order valence-electron chi connectivity index (χ2n) is 6.13. The van der Waals surface area contributed by atoms with Gasteiger partial charge in [-0.15, -0.1) is 0 Å². The van der Waals surface area contributed by atoms with Gasteiger partial charge in [0.25, 0.3) is 0 Å². The number of nitrogens with zero attached hydrogens (tertiary/aromatic N) is 2. The Kier molecular flexibility index (Phi) is 5.29. The summed E-state index contributed by atoms with van der Waals surface area (Å²) in [7, 11) is 0. The van der Waals surface area contributed by atoms with E-state index < -0.39 is 0 Å². The van der Waals surface area contributed by atoms with Crippen LogP contribution in [0.5, 0.6) is 0 Å². The maximum absolute atomic E-state index is 12.2. The van der Waals surface area contributed by atoms with Gasteiger partial charge < -0.3 is 9.88 Å². The Hall–Kier alpha value is -1.75. The topological polar surface area (TPSA) is 46.9 Å². The van der Waals surface area contributed by atoms with Crippen LogP contribution in [0.3, 0.4) is 0 Å². The molecule has 5 heteroatoms. The van der Waals surface area contributed by atoms with Gasteiger partial charge in [0.05, 0.1) is 5.75 Å². The molecule has 0 aliphatic carbocycles. The van der Waals surface area contributed by atoms with Crippen molar-refractivity contribution in [2.45, 2.75) is 44.8 Å². The fraction of sp³-hybridized carbons (Fsp3) is 0.412.